The Balaban J connectivity index is 2.07. The first kappa shape index (κ1) is 13.6. The van der Waals surface area contributed by atoms with E-state index in [1.165, 1.54) is 0 Å². The second kappa shape index (κ2) is 5.54. The number of nitrogens with two attached hydrogens (primary N) is 1. The predicted octanol–water partition coefficient (Wildman–Crippen LogP) is 2.57. The van der Waals surface area contributed by atoms with Crippen molar-refractivity contribution in [3.8, 4) is 11.6 Å². The number of fused-ring (bicyclic) bond motifs is 1. The monoisotopic (exact) mass is 282 g/mol. The summed E-state index contributed by atoms with van der Waals surface area (Å²) in [5, 5.41) is 5.47. The summed E-state index contributed by atoms with van der Waals surface area (Å²) in [5.74, 6) is 1.46. The van der Waals surface area contributed by atoms with E-state index in [2.05, 4.69) is 10.1 Å². The molecule has 5 nitrogen and oxygen atoms in total. The number of hydrogen-bond donors (Lipinski definition) is 1. The van der Waals surface area contributed by atoms with Crippen LogP contribution in [0.15, 0.2) is 36.5 Å². The van der Waals surface area contributed by atoms with Crippen LogP contribution in [-0.4, -0.2) is 21.3 Å². The molecule has 0 saturated carbocycles. The first-order chi connectivity index (χ1) is 10.2. The van der Waals surface area contributed by atoms with Crippen molar-refractivity contribution in [2.75, 3.05) is 6.54 Å². The van der Waals surface area contributed by atoms with Crippen LogP contribution in [0.1, 0.15) is 11.3 Å². The summed E-state index contributed by atoms with van der Waals surface area (Å²) in [6, 6.07) is 9.84. The third-order valence-electron chi connectivity index (χ3n) is 3.49. The smallest absolute Gasteiger partial charge is 0.221 e. The highest BCUT2D eigenvalue weighted by molar-refractivity contribution is 5.84. The van der Waals surface area contributed by atoms with E-state index in [0.717, 1.165) is 40.2 Å². The van der Waals surface area contributed by atoms with E-state index in [1.54, 1.807) is 10.9 Å². The van der Waals surface area contributed by atoms with Crippen LogP contribution in [-0.2, 0) is 13.5 Å². The molecule has 0 aliphatic carbocycles. The summed E-state index contributed by atoms with van der Waals surface area (Å²) in [6.07, 6.45) is 2.51. The van der Waals surface area contributed by atoms with E-state index in [4.69, 9.17) is 10.5 Å². The number of aryl methyl sites for hydroxylation is 2. The summed E-state index contributed by atoms with van der Waals surface area (Å²) < 4.78 is 7.86. The Hall–Kier alpha value is -2.40. The Morgan fingerprint density at radius 2 is 2.05 bits per heavy atom. The fourth-order valence-electron chi connectivity index (χ4n) is 2.50. The molecule has 5 heteroatoms. The van der Waals surface area contributed by atoms with E-state index in [1.807, 2.05) is 44.3 Å². The molecule has 0 saturated heterocycles. The minimum absolute atomic E-state index is 0.566. The van der Waals surface area contributed by atoms with Crippen LogP contribution >= 0.6 is 0 Å². The van der Waals surface area contributed by atoms with Crippen molar-refractivity contribution in [3.63, 3.8) is 0 Å². The predicted molar refractivity (Wildman–Crippen MR) is 82.5 cm³/mol. The quantitative estimate of drug-likeness (QED) is 0.798. The largest absolute Gasteiger partial charge is 0.437 e. The zero-order chi connectivity index (χ0) is 14.8. The van der Waals surface area contributed by atoms with Crippen molar-refractivity contribution >= 4 is 10.9 Å². The Morgan fingerprint density at radius 1 is 1.24 bits per heavy atom. The number of benzene rings is 1. The Bertz CT molecular complexity index is 774. The molecule has 2 heterocycles. The number of ether oxygens (including phenoxy) is 1. The molecule has 2 aromatic heterocycles. The highest BCUT2D eigenvalue weighted by Crippen LogP contribution is 2.31. The molecule has 2 N–H and O–H groups in total. The summed E-state index contributed by atoms with van der Waals surface area (Å²) >= 11 is 0. The third kappa shape index (κ3) is 2.48. The van der Waals surface area contributed by atoms with Gasteiger partial charge in [0, 0.05) is 24.2 Å². The van der Waals surface area contributed by atoms with Gasteiger partial charge in [-0.1, -0.05) is 18.2 Å². The first-order valence-electron chi connectivity index (χ1n) is 6.95. The molecule has 0 aliphatic rings. The summed E-state index contributed by atoms with van der Waals surface area (Å²) in [5.41, 5.74) is 8.53. The van der Waals surface area contributed by atoms with Crippen LogP contribution in [0, 0.1) is 6.92 Å². The summed E-state index contributed by atoms with van der Waals surface area (Å²) in [7, 11) is 1.88. The molecule has 21 heavy (non-hydrogen) atoms. The molecule has 0 bridgehead atoms. The molecule has 3 aromatic rings. The molecular formula is C16H18N4O. The second-order valence-corrected chi connectivity index (χ2v) is 4.96. The van der Waals surface area contributed by atoms with Crippen molar-refractivity contribution in [1.29, 1.82) is 0 Å². The van der Waals surface area contributed by atoms with Crippen LogP contribution in [0.4, 0.5) is 0 Å². The van der Waals surface area contributed by atoms with Crippen molar-refractivity contribution in [2.45, 2.75) is 13.3 Å². The van der Waals surface area contributed by atoms with Gasteiger partial charge in [-0.3, -0.25) is 4.98 Å². The molecule has 0 amide bonds. The maximum atomic E-state index is 6.11. The maximum Gasteiger partial charge on any atom is 0.221 e. The van der Waals surface area contributed by atoms with Gasteiger partial charge in [-0.15, -0.1) is 0 Å². The maximum absolute atomic E-state index is 6.11. The van der Waals surface area contributed by atoms with Crippen molar-refractivity contribution in [1.82, 2.24) is 14.8 Å². The minimum atomic E-state index is 0.566. The van der Waals surface area contributed by atoms with Crippen LogP contribution in [0.3, 0.4) is 0 Å². The zero-order valence-corrected chi connectivity index (χ0v) is 12.2. The van der Waals surface area contributed by atoms with Crippen molar-refractivity contribution in [2.24, 2.45) is 12.8 Å². The lowest BCUT2D eigenvalue weighted by atomic mass is 10.2. The Morgan fingerprint density at radius 3 is 2.86 bits per heavy atom. The Kier molecular flexibility index (Phi) is 3.58. The number of rotatable bonds is 4. The molecule has 0 radical (unpaired) electrons. The van der Waals surface area contributed by atoms with Gasteiger partial charge in [0.25, 0.3) is 0 Å². The van der Waals surface area contributed by atoms with E-state index >= 15 is 0 Å². The third-order valence-corrected chi connectivity index (χ3v) is 3.49. The molecule has 0 unspecified atom stereocenters. The van der Waals surface area contributed by atoms with Crippen LogP contribution in [0.5, 0.6) is 11.6 Å². The highest BCUT2D eigenvalue weighted by Gasteiger charge is 2.16. The SMILES string of the molecule is Cc1nn(C)c(Oc2cccc3cccnc23)c1CCN. The van der Waals surface area contributed by atoms with Crippen LogP contribution in [0.2, 0.25) is 0 Å². The average molecular weight is 282 g/mol. The van der Waals surface area contributed by atoms with Gasteiger partial charge in [0.05, 0.1) is 5.69 Å². The van der Waals surface area contributed by atoms with Gasteiger partial charge >= 0.3 is 0 Å². The highest BCUT2D eigenvalue weighted by atomic mass is 16.5. The zero-order valence-electron chi connectivity index (χ0n) is 12.2. The lowest BCUT2D eigenvalue weighted by Gasteiger charge is -2.10. The van der Waals surface area contributed by atoms with Gasteiger partial charge < -0.3 is 10.5 Å². The first-order valence-corrected chi connectivity index (χ1v) is 6.95. The second-order valence-electron chi connectivity index (χ2n) is 4.96. The van der Waals surface area contributed by atoms with Gasteiger partial charge in [-0.25, -0.2) is 4.68 Å². The topological polar surface area (TPSA) is 66.0 Å². The number of nitrogens with zero attached hydrogens (tertiary/aromatic N) is 3. The normalized spacial score (nSPS) is 11.0. The molecule has 0 fully saturated rings. The average Bonchev–Trinajstić information content (AvgIpc) is 2.75. The summed E-state index contributed by atoms with van der Waals surface area (Å²) in [6.45, 7) is 2.54. The number of pyridine rings is 1. The fourth-order valence-corrected chi connectivity index (χ4v) is 2.50. The van der Waals surface area contributed by atoms with E-state index < -0.39 is 0 Å². The molecule has 0 spiro atoms. The van der Waals surface area contributed by atoms with Gasteiger partial charge in [0.1, 0.15) is 5.52 Å². The van der Waals surface area contributed by atoms with Crippen molar-refractivity contribution in [3.05, 3.63) is 47.8 Å². The lowest BCUT2D eigenvalue weighted by Crippen LogP contribution is -2.05. The fraction of sp³-hybridized carbons (Fsp3) is 0.250. The number of para-hydroxylation sites is 1. The van der Waals surface area contributed by atoms with E-state index in [9.17, 15) is 0 Å². The van der Waals surface area contributed by atoms with Gasteiger partial charge in [0.15, 0.2) is 5.75 Å². The van der Waals surface area contributed by atoms with Crippen molar-refractivity contribution < 1.29 is 4.74 Å². The Labute approximate surface area is 123 Å². The van der Waals surface area contributed by atoms with E-state index in [-0.39, 0.29) is 0 Å². The minimum Gasteiger partial charge on any atom is -0.437 e. The number of aromatic nitrogens is 3. The standard InChI is InChI=1S/C16H18N4O/c1-11-13(8-9-17)16(20(2)19-11)21-14-7-3-5-12-6-4-10-18-15(12)14/h3-7,10H,8-9,17H2,1-2H3. The van der Waals surface area contributed by atoms with Gasteiger partial charge in [-0.05, 0) is 32.0 Å². The number of hydrogen-bond acceptors (Lipinski definition) is 4. The van der Waals surface area contributed by atoms with Crippen LogP contribution in [0.25, 0.3) is 10.9 Å². The molecule has 1 aromatic carbocycles. The molecular weight excluding hydrogens is 264 g/mol. The van der Waals surface area contributed by atoms with E-state index in [0.29, 0.717) is 6.54 Å². The summed E-state index contributed by atoms with van der Waals surface area (Å²) in [4.78, 5) is 4.41. The molecule has 0 atom stereocenters. The lowest BCUT2D eigenvalue weighted by molar-refractivity contribution is 0.429. The van der Waals surface area contributed by atoms with Gasteiger partial charge in [-0.2, -0.15) is 5.10 Å². The van der Waals surface area contributed by atoms with Gasteiger partial charge in [0.2, 0.25) is 5.88 Å². The molecule has 108 valence electrons. The molecule has 0 aliphatic heterocycles. The van der Waals surface area contributed by atoms with Crippen LogP contribution < -0.4 is 10.5 Å². The molecule has 3 rings (SSSR count).